The van der Waals surface area contributed by atoms with E-state index in [0.717, 1.165) is 25.7 Å². The van der Waals surface area contributed by atoms with Crippen molar-refractivity contribution in [2.45, 2.75) is 37.8 Å². The molecule has 2 fully saturated rings. The zero-order valence-electron chi connectivity index (χ0n) is 12.2. The number of hydrogen-bond donors (Lipinski definition) is 1. The van der Waals surface area contributed by atoms with E-state index < -0.39 is 5.54 Å². The highest BCUT2D eigenvalue weighted by molar-refractivity contribution is 6.09. The number of rotatable bonds is 4. The number of amides is 2. The summed E-state index contributed by atoms with van der Waals surface area (Å²) in [6, 6.07) is 0. The topological polar surface area (TPSA) is 76.5 Å². The van der Waals surface area contributed by atoms with Gasteiger partial charge in [-0.05, 0) is 12.8 Å². The van der Waals surface area contributed by atoms with Crippen molar-refractivity contribution in [3.8, 4) is 0 Å². The molecule has 7 nitrogen and oxygen atoms in total. The Morgan fingerprint density at radius 3 is 2.86 bits per heavy atom. The van der Waals surface area contributed by atoms with E-state index in [1.807, 2.05) is 0 Å². The molecule has 0 unspecified atom stereocenters. The molecule has 1 aliphatic heterocycles. The van der Waals surface area contributed by atoms with Gasteiger partial charge in [-0.2, -0.15) is 5.10 Å². The minimum Gasteiger partial charge on any atom is -0.383 e. The second kappa shape index (κ2) is 5.48. The van der Waals surface area contributed by atoms with Crippen LogP contribution in [0.15, 0.2) is 12.4 Å². The zero-order valence-corrected chi connectivity index (χ0v) is 12.2. The van der Waals surface area contributed by atoms with Crippen molar-refractivity contribution >= 4 is 17.5 Å². The van der Waals surface area contributed by atoms with Crippen molar-refractivity contribution in [2.75, 3.05) is 25.2 Å². The van der Waals surface area contributed by atoms with Gasteiger partial charge in [-0.25, -0.2) is 0 Å². The van der Waals surface area contributed by atoms with Gasteiger partial charge in [0.25, 0.3) is 5.91 Å². The molecule has 21 heavy (non-hydrogen) atoms. The predicted octanol–water partition coefficient (Wildman–Crippen LogP) is 0.305. The number of nitrogens with one attached hydrogen (secondary N) is 1. The molecular formula is C14H20N4O3. The van der Waals surface area contributed by atoms with Gasteiger partial charge in [0, 0.05) is 13.3 Å². The minimum absolute atomic E-state index is 0.00843. The third kappa shape index (κ3) is 2.53. The summed E-state index contributed by atoms with van der Waals surface area (Å²) in [5.41, 5.74) is -0.0125. The summed E-state index contributed by atoms with van der Waals surface area (Å²) in [4.78, 5) is 26.3. The molecule has 1 aromatic heterocycles. The third-order valence-corrected chi connectivity index (χ3v) is 4.25. The number of piperazine rings is 1. The molecule has 1 aromatic rings. The Morgan fingerprint density at radius 1 is 1.38 bits per heavy atom. The van der Waals surface area contributed by atoms with Crippen LogP contribution in [0.25, 0.3) is 0 Å². The average Bonchev–Trinajstić information content (AvgIpc) is 3.11. The average molecular weight is 292 g/mol. The molecule has 0 aromatic carbocycles. The highest BCUT2D eigenvalue weighted by Crippen LogP contribution is 2.34. The number of aromatic nitrogens is 2. The summed E-state index contributed by atoms with van der Waals surface area (Å²) >= 11 is 0. The van der Waals surface area contributed by atoms with Gasteiger partial charge in [-0.15, -0.1) is 0 Å². The van der Waals surface area contributed by atoms with Gasteiger partial charge in [0.05, 0.1) is 25.0 Å². The van der Waals surface area contributed by atoms with Crippen LogP contribution >= 0.6 is 0 Å². The maximum atomic E-state index is 12.8. The Bertz CT molecular complexity index is 548. The van der Waals surface area contributed by atoms with Gasteiger partial charge in [0.1, 0.15) is 12.1 Å². The molecule has 0 bridgehead atoms. The van der Waals surface area contributed by atoms with Crippen molar-refractivity contribution in [1.82, 2.24) is 15.1 Å². The molecular weight excluding hydrogens is 272 g/mol. The first kappa shape index (κ1) is 14.1. The molecule has 3 rings (SSSR count). The molecule has 1 saturated heterocycles. The lowest BCUT2D eigenvalue weighted by Crippen LogP contribution is -2.65. The van der Waals surface area contributed by atoms with Gasteiger partial charge in [-0.3, -0.25) is 19.2 Å². The highest BCUT2D eigenvalue weighted by atomic mass is 16.5. The fourth-order valence-corrected chi connectivity index (χ4v) is 3.16. The Hall–Kier alpha value is -1.89. The van der Waals surface area contributed by atoms with E-state index >= 15 is 0 Å². The summed E-state index contributed by atoms with van der Waals surface area (Å²) in [6.45, 7) is 1.24. The number of methoxy groups -OCH3 is 1. The molecule has 0 atom stereocenters. The van der Waals surface area contributed by atoms with E-state index in [9.17, 15) is 9.59 Å². The Morgan fingerprint density at radius 2 is 2.14 bits per heavy atom. The van der Waals surface area contributed by atoms with Crippen molar-refractivity contribution in [2.24, 2.45) is 0 Å². The smallest absolute Gasteiger partial charge is 0.253 e. The number of nitrogens with zero attached hydrogens (tertiary/aromatic N) is 3. The Labute approximate surface area is 123 Å². The van der Waals surface area contributed by atoms with Crippen LogP contribution < -0.4 is 10.2 Å². The number of carbonyl (C=O) groups is 2. The normalized spacial score (nSPS) is 21.1. The van der Waals surface area contributed by atoms with Gasteiger partial charge in [-0.1, -0.05) is 12.8 Å². The molecule has 1 spiro atoms. The van der Waals surface area contributed by atoms with Crippen LogP contribution in [0.3, 0.4) is 0 Å². The third-order valence-electron chi connectivity index (χ3n) is 4.25. The van der Waals surface area contributed by atoms with Crippen molar-refractivity contribution in [1.29, 1.82) is 0 Å². The summed E-state index contributed by atoms with van der Waals surface area (Å²) in [5, 5.41) is 7.12. The number of anilines is 1. The van der Waals surface area contributed by atoms with Crippen molar-refractivity contribution in [3.05, 3.63) is 12.4 Å². The lowest BCUT2D eigenvalue weighted by Gasteiger charge is -2.39. The Kier molecular flexibility index (Phi) is 3.67. The van der Waals surface area contributed by atoms with Crippen LogP contribution in [0.5, 0.6) is 0 Å². The van der Waals surface area contributed by atoms with E-state index in [0.29, 0.717) is 18.8 Å². The summed E-state index contributed by atoms with van der Waals surface area (Å²) in [6.07, 6.45) is 6.84. The number of carbonyl (C=O) groups excluding carboxylic acids is 2. The molecule has 7 heteroatoms. The molecule has 2 heterocycles. The zero-order chi connectivity index (χ0) is 14.9. The number of hydrogen-bond acceptors (Lipinski definition) is 4. The van der Waals surface area contributed by atoms with E-state index in [1.54, 1.807) is 29.1 Å². The SMILES string of the molecule is COCCn1cc(N2CC(=O)NC3(CCCC3)C2=O)cn1. The van der Waals surface area contributed by atoms with Crippen LogP contribution in [0.1, 0.15) is 25.7 Å². The monoisotopic (exact) mass is 292 g/mol. The minimum atomic E-state index is -0.691. The standard InChI is InChI=1S/C14H20N4O3/c1-21-7-6-17-9-11(8-15-17)18-10-12(19)16-14(13(18)20)4-2-3-5-14/h8-9H,2-7,10H2,1H3,(H,16,19). The van der Waals surface area contributed by atoms with Crippen LogP contribution in [0.2, 0.25) is 0 Å². The molecule has 114 valence electrons. The second-order valence-corrected chi connectivity index (χ2v) is 5.68. The van der Waals surface area contributed by atoms with E-state index in [1.165, 1.54) is 0 Å². The fourth-order valence-electron chi connectivity index (χ4n) is 3.16. The molecule has 1 N–H and O–H groups in total. The first-order valence-electron chi connectivity index (χ1n) is 7.29. The van der Waals surface area contributed by atoms with E-state index in [4.69, 9.17) is 4.74 Å². The quantitative estimate of drug-likeness (QED) is 0.866. The second-order valence-electron chi connectivity index (χ2n) is 5.68. The lowest BCUT2D eigenvalue weighted by atomic mass is 9.93. The van der Waals surface area contributed by atoms with Gasteiger partial charge < -0.3 is 10.1 Å². The maximum Gasteiger partial charge on any atom is 0.253 e. The molecule has 1 aliphatic carbocycles. The van der Waals surface area contributed by atoms with Crippen molar-refractivity contribution in [3.63, 3.8) is 0 Å². The van der Waals surface area contributed by atoms with Crippen LogP contribution in [0.4, 0.5) is 5.69 Å². The highest BCUT2D eigenvalue weighted by Gasteiger charge is 2.48. The largest absolute Gasteiger partial charge is 0.383 e. The van der Waals surface area contributed by atoms with Crippen molar-refractivity contribution < 1.29 is 14.3 Å². The summed E-state index contributed by atoms with van der Waals surface area (Å²) in [5.74, 6) is -0.105. The van der Waals surface area contributed by atoms with Gasteiger partial charge >= 0.3 is 0 Å². The molecule has 0 radical (unpaired) electrons. The first-order chi connectivity index (χ1) is 10.1. The molecule has 1 saturated carbocycles. The fraction of sp³-hybridized carbons (Fsp3) is 0.643. The van der Waals surface area contributed by atoms with Gasteiger partial charge in [0.2, 0.25) is 5.91 Å². The molecule has 2 aliphatic rings. The Balaban J connectivity index is 1.81. The van der Waals surface area contributed by atoms with Crippen LogP contribution in [0, 0.1) is 0 Å². The number of ether oxygens (including phenoxy) is 1. The first-order valence-corrected chi connectivity index (χ1v) is 7.29. The van der Waals surface area contributed by atoms with Crippen LogP contribution in [-0.4, -0.2) is 47.4 Å². The molecule has 2 amide bonds. The van der Waals surface area contributed by atoms with E-state index in [2.05, 4.69) is 10.4 Å². The maximum absolute atomic E-state index is 12.8. The van der Waals surface area contributed by atoms with Gasteiger partial charge in [0.15, 0.2) is 0 Å². The summed E-state index contributed by atoms with van der Waals surface area (Å²) in [7, 11) is 1.63. The predicted molar refractivity (Wildman–Crippen MR) is 75.8 cm³/mol. The van der Waals surface area contributed by atoms with Crippen LogP contribution in [-0.2, 0) is 20.9 Å². The lowest BCUT2D eigenvalue weighted by molar-refractivity contribution is -0.135. The summed E-state index contributed by atoms with van der Waals surface area (Å²) < 4.78 is 6.73. The van der Waals surface area contributed by atoms with E-state index in [-0.39, 0.29) is 18.4 Å².